The van der Waals surface area contributed by atoms with Crippen LogP contribution in [0.15, 0.2) is 4.52 Å². The predicted molar refractivity (Wildman–Crippen MR) is 65.4 cm³/mol. The number of carbonyl (C=O) groups excluding carboxylic acids is 1. The van der Waals surface area contributed by atoms with Gasteiger partial charge in [-0.1, -0.05) is 12.1 Å². The number of aliphatic hydroxyl groups is 1. The van der Waals surface area contributed by atoms with Gasteiger partial charge in [0.05, 0.1) is 24.7 Å². The largest absolute Gasteiger partial charge is 0.386 e. The van der Waals surface area contributed by atoms with Crippen molar-refractivity contribution in [1.29, 1.82) is 0 Å². The van der Waals surface area contributed by atoms with E-state index in [9.17, 15) is 9.90 Å². The van der Waals surface area contributed by atoms with E-state index in [0.717, 1.165) is 19.4 Å². The van der Waals surface area contributed by atoms with Gasteiger partial charge in [-0.25, -0.2) is 0 Å². The van der Waals surface area contributed by atoms with Gasteiger partial charge >= 0.3 is 0 Å². The van der Waals surface area contributed by atoms with Crippen molar-refractivity contribution in [2.45, 2.75) is 37.8 Å². The second-order valence-corrected chi connectivity index (χ2v) is 5.34. The highest BCUT2D eigenvalue weighted by Crippen LogP contribution is 2.26. The molecule has 1 atom stereocenters. The summed E-state index contributed by atoms with van der Waals surface area (Å²) in [6.45, 7) is 3.52. The van der Waals surface area contributed by atoms with Gasteiger partial charge in [0.2, 0.25) is 5.89 Å². The van der Waals surface area contributed by atoms with E-state index in [1.807, 2.05) is 6.92 Å². The molecule has 1 aromatic heterocycles. The monoisotopic (exact) mass is 266 g/mol. The van der Waals surface area contributed by atoms with Crippen LogP contribution < -0.4 is 5.32 Å². The Morgan fingerprint density at radius 1 is 1.63 bits per heavy atom. The van der Waals surface area contributed by atoms with Crippen molar-refractivity contribution in [1.82, 2.24) is 20.4 Å². The Morgan fingerprint density at radius 3 is 3.05 bits per heavy atom. The van der Waals surface area contributed by atoms with Gasteiger partial charge in [-0.3, -0.25) is 4.79 Å². The zero-order valence-electron chi connectivity index (χ0n) is 10.9. The molecular formula is C12H18N4O3. The zero-order valence-corrected chi connectivity index (χ0v) is 10.9. The third kappa shape index (κ3) is 2.23. The highest BCUT2D eigenvalue weighted by atomic mass is 16.5. The Kier molecular flexibility index (Phi) is 3.02. The molecule has 0 aliphatic carbocycles. The third-order valence-electron chi connectivity index (χ3n) is 3.91. The summed E-state index contributed by atoms with van der Waals surface area (Å²) in [5.41, 5.74) is -0.741. The van der Waals surface area contributed by atoms with Crippen molar-refractivity contribution in [3.63, 3.8) is 0 Å². The number of aromatic nitrogens is 2. The normalized spacial score (nSPS) is 25.4. The molecular weight excluding hydrogens is 248 g/mol. The number of rotatable bonds is 3. The highest BCUT2D eigenvalue weighted by molar-refractivity contribution is 5.91. The third-order valence-corrected chi connectivity index (χ3v) is 3.91. The lowest BCUT2D eigenvalue weighted by Crippen LogP contribution is -2.63. The van der Waals surface area contributed by atoms with Gasteiger partial charge in [-0.05, 0) is 25.8 Å². The van der Waals surface area contributed by atoms with Crippen molar-refractivity contribution in [3.05, 3.63) is 11.7 Å². The standard InChI is InChI=1S/C12H18N4O3/c1-2-12(18)6-16(7-12)11(17)9-14-10(19-15-9)8-4-3-5-13-8/h8,13,18H,2-7H2,1H3. The lowest BCUT2D eigenvalue weighted by Gasteiger charge is -2.45. The number of β-amino-alcohol motifs (C(OH)–C–C–N with tert-alkyl or cyclic N) is 1. The first kappa shape index (κ1) is 12.6. The van der Waals surface area contributed by atoms with E-state index in [0.29, 0.717) is 25.4 Å². The van der Waals surface area contributed by atoms with Crippen molar-refractivity contribution in [2.75, 3.05) is 19.6 Å². The second kappa shape index (κ2) is 4.57. The molecule has 3 rings (SSSR count). The van der Waals surface area contributed by atoms with Crippen molar-refractivity contribution < 1.29 is 14.4 Å². The molecule has 104 valence electrons. The quantitative estimate of drug-likeness (QED) is 0.805. The van der Waals surface area contributed by atoms with Gasteiger partial charge in [-0.2, -0.15) is 4.98 Å². The molecule has 3 heterocycles. The first-order valence-corrected chi connectivity index (χ1v) is 6.70. The summed E-state index contributed by atoms with van der Waals surface area (Å²) in [5.74, 6) is 0.292. The van der Waals surface area contributed by atoms with Gasteiger partial charge in [0.25, 0.3) is 11.7 Å². The van der Waals surface area contributed by atoms with E-state index in [1.165, 1.54) is 0 Å². The van der Waals surface area contributed by atoms with E-state index in [2.05, 4.69) is 15.5 Å². The van der Waals surface area contributed by atoms with Crippen molar-refractivity contribution in [3.8, 4) is 0 Å². The van der Waals surface area contributed by atoms with E-state index < -0.39 is 5.60 Å². The molecule has 1 aromatic rings. The summed E-state index contributed by atoms with van der Waals surface area (Å²) >= 11 is 0. The molecule has 1 amide bonds. The maximum atomic E-state index is 12.1. The number of amides is 1. The molecule has 2 saturated heterocycles. The average molecular weight is 266 g/mol. The molecule has 1 unspecified atom stereocenters. The molecule has 2 N–H and O–H groups in total. The molecule has 0 saturated carbocycles. The molecule has 19 heavy (non-hydrogen) atoms. The van der Waals surface area contributed by atoms with Crippen LogP contribution in [0, 0.1) is 0 Å². The van der Waals surface area contributed by atoms with Gasteiger partial charge in [0.15, 0.2) is 0 Å². The topological polar surface area (TPSA) is 91.5 Å². The van der Waals surface area contributed by atoms with Crippen LogP contribution in [-0.4, -0.2) is 51.3 Å². The van der Waals surface area contributed by atoms with Gasteiger partial charge in [0, 0.05) is 0 Å². The fraction of sp³-hybridized carbons (Fsp3) is 0.750. The van der Waals surface area contributed by atoms with Gasteiger partial charge < -0.3 is 19.8 Å². The molecule has 0 spiro atoms. The summed E-state index contributed by atoms with van der Waals surface area (Å²) in [4.78, 5) is 17.8. The minimum atomic E-state index is -0.741. The summed E-state index contributed by atoms with van der Waals surface area (Å²) in [6.07, 6.45) is 2.67. The molecule has 7 heteroatoms. The van der Waals surface area contributed by atoms with Crippen molar-refractivity contribution >= 4 is 5.91 Å². The zero-order chi connectivity index (χ0) is 13.5. The number of hydrogen-bond acceptors (Lipinski definition) is 6. The maximum absolute atomic E-state index is 12.1. The van der Waals surface area contributed by atoms with E-state index in [1.54, 1.807) is 4.90 Å². The minimum absolute atomic E-state index is 0.0676. The number of hydrogen-bond donors (Lipinski definition) is 2. The molecule has 2 aliphatic heterocycles. The van der Waals surface area contributed by atoms with Crippen LogP contribution in [0.25, 0.3) is 0 Å². The Morgan fingerprint density at radius 2 is 2.42 bits per heavy atom. The fourth-order valence-electron chi connectivity index (χ4n) is 2.53. The Labute approximate surface area is 111 Å². The van der Waals surface area contributed by atoms with Crippen LogP contribution in [-0.2, 0) is 0 Å². The van der Waals surface area contributed by atoms with Gasteiger partial charge in [-0.15, -0.1) is 0 Å². The highest BCUT2D eigenvalue weighted by Gasteiger charge is 2.43. The number of nitrogens with zero attached hydrogens (tertiary/aromatic N) is 3. The minimum Gasteiger partial charge on any atom is -0.386 e. The fourth-order valence-corrected chi connectivity index (χ4v) is 2.53. The molecule has 0 bridgehead atoms. The first-order chi connectivity index (χ1) is 9.11. The van der Waals surface area contributed by atoms with Crippen molar-refractivity contribution in [2.24, 2.45) is 0 Å². The van der Waals surface area contributed by atoms with Crippen LogP contribution >= 0.6 is 0 Å². The Hall–Kier alpha value is -1.47. The van der Waals surface area contributed by atoms with Crippen LogP contribution in [0.1, 0.15) is 48.7 Å². The number of nitrogens with one attached hydrogen (secondary N) is 1. The number of likely N-dealkylation sites (tertiary alicyclic amines) is 1. The molecule has 2 fully saturated rings. The van der Waals surface area contributed by atoms with Crippen LogP contribution in [0.5, 0.6) is 0 Å². The lowest BCUT2D eigenvalue weighted by atomic mass is 9.91. The summed E-state index contributed by atoms with van der Waals surface area (Å²) in [7, 11) is 0. The van der Waals surface area contributed by atoms with Gasteiger partial charge in [0.1, 0.15) is 0 Å². The van der Waals surface area contributed by atoms with E-state index in [4.69, 9.17) is 4.52 Å². The van der Waals surface area contributed by atoms with E-state index in [-0.39, 0.29) is 17.8 Å². The van der Waals surface area contributed by atoms with E-state index >= 15 is 0 Å². The maximum Gasteiger partial charge on any atom is 0.295 e. The summed E-state index contributed by atoms with van der Waals surface area (Å²) < 4.78 is 5.13. The molecule has 0 radical (unpaired) electrons. The smallest absolute Gasteiger partial charge is 0.295 e. The van der Waals surface area contributed by atoms with Crippen LogP contribution in [0.2, 0.25) is 0 Å². The lowest BCUT2D eigenvalue weighted by molar-refractivity contribution is -0.0830. The Bertz CT molecular complexity index is 475. The molecule has 7 nitrogen and oxygen atoms in total. The molecule has 0 aromatic carbocycles. The summed E-state index contributed by atoms with van der Waals surface area (Å²) in [6, 6.07) is 0.0676. The second-order valence-electron chi connectivity index (χ2n) is 5.34. The van der Waals surface area contributed by atoms with Crippen LogP contribution in [0.3, 0.4) is 0 Å². The number of carbonyl (C=O) groups is 1. The Balaban J connectivity index is 1.65. The average Bonchev–Trinajstić information content (AvgIpc) is 3.03. The molecule has 2 aliphatic rings. The van der Waals surface area contributed by atoms with Crippen LogP contribution in [0.4, 0.5) is 0 Å². The SMILES string of the molecule is CCC1(O)CN(C(=O)c2noc(C3CCCN3)n2)C1. The predicted octanol–water partition coefficient (Wildman–Crippen LogP) is 0.0910. The summed E-state index contributed by atoms with van der Waals surface area (Å²) in [5, 5.41) is 16.9. The first-order valence-electron chi connectivity index (χ1n) is 6.70.